The lowest BCUT2D eigenvalue weighted by atomic mass is 10.4. The molecule has 0 saturated carbocycles. The number of hydrogen-bond acceptors (Lipinski definition) is 4. The fourth-order valence-electron chi connectivity index (χ4n) is 1.74. The zero-order valence-electron chi connectivity index (χ0n) is 9.26. The Labute approximate surface area is 104 Å². The molecule has 0 N–H and O–H groups in total. The standard InChI is InChI=1S/C12H9N3O2S/c16-18(17,10-4-2-1-3-5-10)15-9-6-11-12(15)14-8-7-13-11/h1-9H. The summed E-state index contributed by atoms with van der Waals surface area (Å²) in [6, 6.07) is 9.87. The third-order valence-electron chi connectivity index (χ3n) is 2.58. The van der Waals surface area contributed by atoms with Gasteiger partial charge in [0.15, 0.2) is 5.65 Å². The average molecular weight is 259 g/mol. The van der Waals surface area contributed by atoms with Crippen molar-refractivity contribution in [3.63, 3.8) is 0 Å². The Balaban J connectivity index is 2.27. The van der Waals surface area contributed by atoms with Gasteiger partial charge in [0.05, 0.1) is 4.90 Å². The monoisotopic (exact) mass is 259 g/mol. The predicted molar refractivity (Wildman–Crippen MR) is 66.6 cm³/mol. The largest absolute Gasteiger partial charge is 0.269 e. The van der Waals surface area contributed by atoms with Gasteiger partial charge < -0.3 is 0 Å². The Kier molecular flexibility index (Phi) is 2.38. The van der Waals surface area contributed by atoms with E-state index in [0.717, 1.165) is 3.97 Å². The van der Waals surface area contributed by atoms with Gasteiger partial charge in [-0.05, 0) is 18.2 Å². The number of aromatic nitrogens is 3. The lowest BCUT2D eigenvalue weighted by Gasteiger charge is -2.05. The molecule has 0 bridgehead atoms. The molecule has 1 aromatic carbocycles. The van der Waals surface area contributed by atoms with E-state index in [1.54, 1.807) is 36.4 Å². The minimum atomic E-state index is -3.61. The van der Waals surface area contributed by atoms with Gasteiger partial charge in [0.1, 0.15) is 5.52 Å². The molecule has 6 heteroatoms. The Hall–Kier alpha value is -2.21. The van der Waals surface area contributed by atoms with E-state index in [9.17, 15) is 8.42 Å². The molecule has 0 aliphatic heterocycles. The maximum absolute atomic E-state index is 12.4. The Morgan fingerprint density at radius 3 is 2.44 bits per heavy atom. The first-order chi connectivity index (χ1) is 8.69. The van der Waals surface area contributed by atoms with Crippen LogP contribution in [0.15, 0.2) is 59.9 Å². The van der Waals surface area contributed by atoms with Crippen LogP contribution in [0.2, 0.25) is 0 Å². The molecule has 0 aliphatic carbocycles. The summed E-state index contributed by atoms with van der Waals surface area (Å²) >= 11 is 0. The van der Waals surface area contributed by atoms with Gasteiger partial charge in [-0.2, -0.15) is 0 Å². The van der Waals surface area contributed by atoms with Crippen molar-refractivity contribution in [1.29, 1.82) is 0 Å². The lowest BCUT2D eigenvalue weighted by Crippen LogP contribution is -2.12. The Morgan fingerprint density at radius 1 is 0.944 bits per heavy atom. The summed E-state index contributed by atoms with van der Waals surface area (Å²) in [6.07, 6.45) is 4.47. The molecule has 0 saturated heterocycles. The minimum Gasteiger partial charge on any atom is -0.251 e. The van der Waals surface area contributed by atoms with E-state index >= 15 is 0 Å². The molecule has 0 aliphatic rings. The number of hydrogen-bond donors (Lipinski definition) is 0. The summed E-state index contributed by atoms with van der Waals surface area (Å²) in [6.45, 7) is 0. The van der Waals surface area contributed by atoms with Crippen LogP contribution in [0.5, 0.6) is 0 Å². The maximum Gasteiger partial charge on any atom is 0.269 e. The second-order valence-corrected chi connectivity index (χ2v) is 5.51. The van der Waals surface area contributed by atoms with Gasteiger partial charge in [0.25, 0.3) is 10.0 Å². The molecule has 2 heterocycles. The van der Waals surface area contributed by atoms with E-state index in [4.69, 9.17) is 0 Å². The van der Waals surface area contributed by atoms with Gasteiger partial charge in [-0.3, -0.25) is 4.98 Å². The molecular weight excluding hydrogens is 250 g/mol. The van der Waals surface area contributed by atoms with E-state index in [-0.39, 0.29) is 4.90 Å². The first-order valence-electron chi connectivity index (χ1n) is 5.28. The van der Waals surface area contributed by atoms with Crippen LogP contribution in [-0.4, -0.2) is 22.4 Å². The van der Waals surface area contributed by atoms with Crippen LogP contribution in [0.3, 0.4) is 0 Å². The van der Waals surface area contributed by atoms with Gasteiger partial charge in [-0.25, -0.2) is 17.4 Å². The van der Waals surface area contributed by atoms with Crippen molar-refractivity contribution in [3.8, 4) is 0 Å². The molecule has 3 rings (SSSR count). The van der Waals surface area contributed by atoms with Crippen molar-refractivity contribution in [2.45, 2.75) is 4.90 Å². The van der Waals surface area contributed by atoms with Gasteiger partial charge in [0, 0.05) is 18.6 Å². The molecule has 0 amide bonds. The number of nitrogens with zero attached hydrogens (tertiary/aromatic N) is 3. The highest BCUT2D eigenvalue weighted by Gasteiger charge is 2.19. The van der Waals surface area contributed by atoms with Crippen molar-refractivity contribution in [3.05, 3.63) is 55.0 Å². The zero-order chi connectivity index (χ0) is 12.6. The molecular formula is C12H9N3O2S. The van der Waals surface area contributed by atoms with E-state index in [1.807, 2.05) is 0 Å². The quantitative estimate of drug-likeness (QED) is 0.702. The van der Waals surface area contributed by atoms with Crippen LogP contribution in [0, 0.1) is 0 Å². The molecule has 0 spiro atoms. The first-order valence-corrected chi connectivity index (χ1v) is 6.72. The summed E-state index contributed by atoms with van der Waals surface area (Å²) in [5.74, 6) is 0. The van der Waals surface area contributed by atoms with Gasteiger partial charge in [-0.15, -0.1) is 0 Å². The summed E-state index contributed by atoms with van der Waals surface area (Å²) in [7, 11) is -3.61. The minimum absolute atomic E-state index is 0.230. The topological polar surface area (TPSA) is 64.8 Å². The number of rotatable bonds is 2. The first kappa shape index (κ1) is 10.9. The molecule has 2 aromatic heterocycles. The third kappa shape index (κ3) is 1.58. The van der Waals surface area contributed by atoms with E-state index < -0.39 is 10.0 Å². The van der Waals surface area contributed by atoms with Crippen LogP contribution in [0.25, 0.3) is 11.2 Å². The third-order valence-corrected chi connectivity index (χ3v) is 4.26. The highest BCUT2D eigenvalue weighted by molar-refractivity contribution is 7.90. The second kappa shape index (κ2) is 3.92. The molecule has 0 radical (unpaired) electrons. The molecule has 0 fully saturated rings. The van der Waals surface area contributed by atoms with Gasteiger partial charge in [0.2, 0.25) is 0 Å². The Bertz CT molecular complexity index is 794. The van der Waals surface area contributed by atoms with Crippen LogP contribution >= 0.6 is 0 Å². The second-order valence-electron chi connectivity index (χ2n) is 3.69. The van der Waals surface area contributed by atoms with Crippen LogP contribution in [-0.2, 0) is 10.0 Å². The van der Waals surface area contributed by atoms with E-state index in [0.29, 0.717) is 11.2 Å². The van der Waals surface area contributed by atoms with Gasteiger partial charge >= 0.3 is 0 Å². The molecule has 0 atom stereocenters. The normalized spacial score (nSPS) is 11.8. The molecule has 90 valence electrons. The fraction of sp³-hybridized carbons (Fsp3) is 0. The molecule has 5 nitrogen and oxygen atoms in total. The van der Waals surface area contributed by atoms with Gasteiger partial charge in [-0.1, -0.05) is 18.2 Å². The smallest absolute Gasteiger partial charge is 0.251 e. The highest BCUT2D eigenvalue weighted by atomic mass is 32.2. The lowest BCUT2D eigenvalue weighted by molar-refractivity contribution is 0.588. The van der Waals surface area contributed by atoms with Crippen molar-refractivity contribution >= 4 is 21.2 Å². The average Bonchev–Trinajstić information content (AvgIpc) is 2.84. The zero-order valence-corrected chi connectivity index (χ0v) is 10.1. The molecule has 3 aromatic rings. The summed E-state index contributed by atoms with van der Waals surface area (Å²) in [5.41, 5.74) is 0.887. The highest BCUT2D eigenvalue weighted by Crippen LogP contribution is 2.18. The fourth-order valence-corrected chi connectivity index (χ4v) is 3.06. The Morgan fingerprint density at radius 2 is 1.67 bits per heavy atom. The maximum atomic E-state index is 12.4. The number of fused-ring (bicyclic) bond motifs is 1. The van der Waals surface area contributed by atoms with Crippen LogP contribution in [0.1, 0.15) is 0 Å². The van der Waals surface area contributed by atoms with Crippen molar-refractivity contribution in [2.24, 2.45) is 0 Å². The van der Waals surface area contributed by atoms with Crippen LogP contribution in [0.4, 0.5) is 0 Å². The van der Waals surface area contributed by atoms with Crippen molar-refractivity contribution in [2.75, 3.05) is 0 Å². The summed E-state index contributed by atoms with van der Waals surface area (Å²) in [5, 5.41) is 0. The van der Waals surface area contributed by atoms with Crippen LogP contribution < -0.4 is 0 Å². The summed E-state index contributed by atoms with van der Waals surface area (Å²) in [4.78, 5) is 8.35. The molecule has 0 unspecified atom stereocenters. The molecule has 18 heavy (non-hydrogen) atoms. The van der Waals surface area contributed by atoms with Crippen molar-refractivity contribution < 1.29 is 8.42 Å². The van der Waals surface area contributed by atoms with Crippen molar-refractivity contribution in [1.82, 2.24) is 13.9 Å². The summed E-state index contributed by atoms with van der Waals surface area (Å²) < 4.78 is 26.0. The predicted octanol–water partition coefficient (Wildman–Crippen LogP) is 1.67. The van der Waals surface area contributed by atoms with E-state index in [2.05, 4.69) is 9.97 Å². The van der Waals surface area contributed by atoms with E-state index in [1.165, 1.54) is 18.6 Å². The number of benzene rings is 1. The SMILES string of the molecule is O=S(=O)(c1ccccc1)n1ccc2nccnc21.